The molecule has 4 rings (SSSR count). The molecule has 3 amide bonds. The van der Waals surface area contributed by atoms with Gasteiger partial charge in [0.25, 0.3) is 11.8 Å². The number of likely N-dealkylation sites (tertiary alicyclic amines) is 1. The normalized spacial score (nSPS) is 15.3. The molecule has 0 radical (unpaired) electrons. The Bertz CT molecular complexity index is 1200. The third kappa shape index (κ3) is 6.32. The molecule has 35 heavy (non-hydrogen) atoms. The van der Waals surface area contributed by atoms with E-state index in [4.69, 9.17) is 0 Å². The van der Waals surface area contributed by atoms with Crippen LogP contribution in [0.1, 0.15) is 39.1 Å². The minimum absolute atomic E-state index is 0.0377. The second-order valence-electron chi connectivity index (χ2n) is 8.63. The standard InChI is InChI=1S/C28H28FN3O3/c29-25-14-5-4-13-24(25)27(34)31-23-12-6-10-21(18-23)28(35)32-17-7-11-22(19-32)26(33)30-16-15-20-8-2-1-3-9-20/h1-6,8-10,12-14,18,22H,7,11,15-17,19H2,(H,30,33)(H,31,34)/t22-/m0/s1. The van der Waals surface area contributed by atoms with Crippen LogP contribution in [0.3, 0.4) is 0 Å². The lowest BCUT2D eigenvalue weighted by atomic mass is 9.96. The fraction of sp³-hybridized carbons (Fsp3) is 0.250. The molecule has 0 bridgehead atoms. The van der Waals surface area contributed by atoms with Gasteiger partial charge in [0.05, 0.1) is 11.5 Å². The molecule has 7 heteroatoms. The van der Waals surface area contributed by atoms with Gasteiger partial charge in [-0.25, -0.2) is 4.39 Å². The molecule has 6 nitrogen and oxygen atoms in total. The number of rotatable bonds is 7. The predicted octanol–water partition coefficient (Wildman–Crippen LogP) is 4.29. The molecule has 1 fully saturated rings. The summed E-state index contributed by atoms with van der Waals surface area (Å²) in [5, 5.41) is 5.64. The molecule has 0 aromatic heterocycles. The fourth-order valence-electron chi connectivity index (χ4n) is 4.25. The van der Waals surface area contributed by atoms with Gasteiger partial charge in [-0.3, -0.25) is 14.4 Å². The van der Waals surface area contributed by atoms with E-state index in [1.54, 1.807) is 35.2 Å². The summed E-state index contributed by atoms with van der Waals surface area (Å²) >= 11 is 0. The second-order valence-corrected chi connectivity index (χ2v) is 8.63. The minimum atomic E-state index is -0.612. The number of halogens is 1. The zero-order chi connectivity index (χ0) is 24.6. The summed E-state index contributed by atoms with van der Waals surface area (Å²) in [5.74, 6) is -1.69. The molecule has 3 aromatic carbocycles. The van der Waals surface area contributed by atoms with Crippen LogP contribution in [-0.2, 0) is 11.2 Å². The van der Waals surface area contributed by atoms with Gasteiger partial charge in [-0.15, -0.1) is 0 Å². The maximum absolute atomic E-state index is 13.9. The van der Waals surface area contributed by atoms with E-state index in [0.717, 1.165) is 24.8 Å². The smallest absolute Gasteiger partial charge is 0.258 e. The number of carbonyl (C=O) groups is 3. The molecule has 0 spiro atoms. The highest BCUT2D eigenvalue weighted by atomic mass is 19.1. The lowest BCUT2D eigenvalue weighted by Gasteiger charge is -2.32. The summed E-state index contributed by atoms with van der Waals surface area (Å²) in [4.78, 5) is 40.0. The molecule has 180 valence electrons. The zero-order valence-corrected chi connectivity index (χ0v) is 19.4. The first-order chi connectivity index (χ1) is 17.0. The third-order valence-electron chi connectivity index (χ3n) is 6.12. The van der Waals surface area contributed by atoms with E-state index >= 15 is 0 Å². The summed E-state index contributed by atoms with van der Waals surface area (Å²) in [6.45, 7) is 1.47. The highest BCUT2D eigenvalue weighted by Gasteiger charge is 2.29. The topological polar surface area (TPSA) is 78.5 Å². The summed E-state index contributed by atoms with van der Waals surface area (Å²) in [7, 11) is 0. The SMILES string of the molecule is O=C(Nc1cccc(C(=O)N2CCC[C@H](C(=O)NCCc3ccccc3)C2)c1)c1ccccc1F. The molecule has 2 N–H and O–H groups in total. The van der Waals surface area contributed by atoms with Crippen molar-refractivity contribution in [3.8, 4) is 0 Å². The molecular formula is C28H28FN3O3. The highest BCUT2D eigenvalue weighted by Crippen LogP contribution is 2.21. The van der Waals surface area contributed by atoms with Crippen molar-refractivity contribution in [1.82, 2.24) is 10.2 Å². The van der Waals surface area contributed by atoms with Crippen molar-refractivity contribution < 1.29 is 18.8 Å². The number of anilines is 1. The van der Waals surface area contributed by atoms with Crippen molar-refractivity contribution in [2.45, 2.75) is 19.3 Å². The van der Waals surface area contributed by atoms with Gasteiger partial charge in [-0.05, 0) is 55.2 Å². The van der Waals surface area contributed by atoms with E-state index in [1.807, 2.05) is 30.3 Å². The Morgan fingerprint density at radius 1 is 0.943 bits per heavy atom. The van der Waals surface area contributed by atoms with E-state index in [1.165, 1.54) is 18.2 Å². The van der Waals surface area contributed by atoms with Gasteiger partial charge in [0.2, 0.25) is 5.91 Å². The highest BCUT2D eigenvalue weighted by molar-refractivity contribution is 6.05. The Morgan fingerprint density at radius 3 is 2.51 bits per heavy atom. The predicted molar refractivity (Wildman–Crippen MR) is 133 cm³/mol. The quantitative estimate of drug-likeness (QED) is 0.537. The van der Waals surface area contributed by atoms with Gasteiger partial charge in [0, 0.05) is 30.9 Å². The molecule has 0 saturated carbocycles. The summed E-state index contributed by atoms with van der Waals surface area (Å²) in [6, 6.07) is 22.3. The lowest BCUT2D eigenvalue weighted by Crippen LogP contribution is -2.45. The zero-order valence-electron chi connectivity index (χ0n) is 19.4. The first kappa shape index (κ1) is 24.1. The Hall–Kier alpha value is -4.00. The molecule has 1 saturated heterocycles. The Morgan fingerprint density at radius 2 is 1.71 bits per heavy atom. The number of carbonyl (C=O) groups excluding carboxylic acids is 3. The van der Waals surface area contributed by atoms with Crippen molar-refractivity contribution >= 4 is 23.4 Å². The van der Waals surface area contributed by atoms with Gasteiger partial charge in [0.1, 0.15) is 5.82 Å². The molecule has 1 aliphatic rings. The molecule has 1 aliphatic heterocycles. The van der Waals surface area contributed by atoms with Crippen molar-refractivity contribution in [1.29, 1.82) is 0 Å². The molecule has 1 atom stereocenters. The summed E-state index contributed by atoms with van der Waals surface area (Å²) in [5.41, 5.74) is 1.90. The van der Waals surface area contributed by atoms with Crippen LogP contribution in [0, 0.1) is 11.7 Å². The van der Waals surface area contributed by atoms with Gasteiger partial charge in [-0.2, -0.15) is 0 Å². The van der Waals surface area contributed by atoms with Crippen LogP contribution in [0.4, 0.5) is 10.1 Å². The number of nitrogens with zero attached hydrogens (tertiary/aromatic N) is 1. The lowest BCUT2D eigenvalue weighted by molar-refractivity contribution is -0.126. The van der Waals surface area contributed by atoms with Gasteiger partial charge < -0.3 is 15.5 Å². The monoisotopic (exact) mass is 473 g/mol. The first-order valence-electron chi connectivity index (χ1n) is 11.8. The molecular weight excluding hydrogens is 445 g/mol. The van der Waals surface area contributed by atoms with Crippen molar-refractivity contribution in [2.75, 3.05) is 25.0 Å². The molecule has 3 aromatic rings. The summed E-state index contributed by atoms with van der Waals surface area (Å²) < 4.78 is 13.9. The number of amides is 3. The minimum Gasteiger partial charge on any atom is -0.355 e. The average molecular weight is 474 g/mol. The van der Waals surface area contributed by atoms with Gasteiger partial charge >= 0.3 is 0 Å². The molecule has 0 unspecified atom stereocenters. The van der Waals surface area contributed by atoms with Crippen LogP contribution in [0.15, 0.2) is 78.9 Å². The largest absolute Gasteiger partial charge is 0.355 e. The Kier molecular flexibility index (Phi) is 7.88. The first-order valence-corrected chi connectivity index (χ1v) is 11.8. The maximum Gasteiger partial charge on any atom is 0.258 e. The van der Waals surface area contributed by atoms with Crippen LogP contribution < -0.4 is 10.6 Å². The fourth-order valence-corrected chi connectivity index (χ4v) is 4.25. The van der Waals surface area contributed by atoms with E-state index < -0.39 is 11.7 Å². The van der Waals surface area contributed by atoms with Gasteiger partial charge in [0.15, 0.2) is 0 Å². The number of piperidine rings is 1. The number of hydrogen-bond donors (Lipinski definition) is 2. The van der Waals surface area contributed by atoms with Crippen LogP contribution in [-0.4, -0.2) is 42.3 Å². The van der Waals surface area contributed by atoms with Gasteiger partial charge in [-0.1, -0.05) is 48.5 Å². The third-order valence-corrected chi connectivity index (χ3v) is 6.12. The van der Waals surface area contributed by atoms with Crippen LogP contribution in [0.2, 0.25) is 0 Å². The Labute approximate surface area is 204 Å². The molecule has 0 aliphatic carbocycles. The van der Waals surface area contributed by atoms with E-state index in [0.29, 0.717) is 30.9 Å². The molecule has 1 heterocycles. The van der Waals surface area contributed by atoms with Crippen molar-refractivity contribution in [3.05, 3.63) is 101 Å². The van der Waals surface area contributed by atoms with E-state index in [2.05, 4.69) is 10.6 Å². The van der Waals surface area contributed by atoms with Crippen molar-refractivity contribution in [2.24, 2.45) is 5.92 Å². The van der Waals surface area contributed by atoms with E-state index in [-0.39, 0.29) is 23.3 Å². The number of benzene rings is 3. The average Bonchev–Trinajstić information content (AvgIpc) is 2.89. The number of nitrogens with one attached hydrogen (secondary N) is 2. The summed E-state index contributed by atoms with van der Waals surface area (Å²) in [6.07, 6.45) is 2.24. The van der Waals surface area contributed by atoms with Crippen LogP contribution in [0.5, 0.6) is 0 Å². The second kappa shape index (κ2) is 11.4. The van der Waals surface area contributed by atoms with E-state index in [9.17, 15) is 18.8 Å². The van der Waals surface area contributed by atoms with Crippen LogP contribution in [0.25, 0.3) is 0 Å². The number of hydrogen-bond acceptors (Lipinski definition) is 3. The van der Waals surface area contributed by atoms with Crippen molar-refractivity contribution in [3.63, 3.8) is 0 Å². The maximum atomic E-state index is 13.9. The Balaban J connectivity index is 1.34. The van der Waals surface area contributed by atoms with Crippen LogP contribution >= 0.6 is 0 Å².